The Labute approximate surface area is 143 Å². The second-order valence-electron chi connectivity index (χ2n) is 5.44. The summed E-state index contributed by atoms with van der Waals surface area (Å²) < 4.78 is 0. The molecular weight excluding hydrogens is 320 g/mol. The molecule has 4 aromatic rings. The Bertz CT molecular complexity index is 1090. The van der Waals surface area contributed by atoms with E-state index in [9.17, 15) is 0 Å². The van der Waals surface area contributed by atoms with Gasteiger partial charge in [0.05, 0.1) is 0 Å². The van der Waals surface area contributed by atoms with Crippen LogP contribution in [0.4, 0.5) is 0 Å². The first-order valence-corrected chi connectivity index (χ1v) is 7.74. The molecule has 0 aliphatic heterocycles. The molecule has 0 fully saturated rings. The predicted molar refractivity (Wildman–Crippen MR) is 94.5 cm³/mol. The number of hydrogen-bond donors (Lipinski definition) is 1. The predicted octanol–water partition coefficient (Wildman–Crippen LogP) is 4.82. The number of nitrogens with zero attached hydrogens (tertiary/aromatic N) is 3. The van der Waals surface area contributed by atoms with Crippen LogP contribution < -0.4 is 0 Å². The first-order valence-electron chi connectivity index (χ1n) is 7.36. The zero-order valence-electron chi connectivity index (χ0n) is 12.5. The third-order valence-corrected chi connectivity index (χ3v) is 4.13. The van der Waals surface area contributed by atoms with Crippen molar-refractivity contribution in [3.05, 3.63) is 71.4 Å². The van der Waals surface area contributed by atoms with Crippen molar-refractivity contribution in [1.29, 1.82) is 5.26 Å². The van der Waals surface area contributed by atoms with Gasteiger partial charge in [0.15, 0.2) is 5.69 Å². The van der Waals surface area contributed by atoms with Gasteiger partial charge in [-0.25, -0.2) is 5.10 Å². The maximum absolute atomic E-state index is 9.15. The average molecular weight is 331 g/mol. The van der Waals surface area contributed by atoms with Gasteiger partial charge < -0.3 is 0 Å². The molecule has 0 aliphatic carbocycles. The minimum atomic E-state index is 0.321. The number of aromatic nitrogens is 3. The van der Waals surface area contributed by atoms with Crippen LogP contribution in [0, 0.1) is 11.3 Å². The number of aromatic amines is 1. The summed E-state index contributed by atoms with van der Waals surface area (Å²) in [6.07, 6.45) is 0. The molecule has 24 heavy (non-hydrogen) atoms. The van der Waals surface area contributed by atoms with Crippen LogP contribution in [-0.2, 0) is 0 Å². The number of fused-ring (bicyclic) bond motifs is 1. The lowest BCUT2D eigenvalue weighted by Crippen LogP contribution is -1.86. The van der Waals surface area contributed by atoms with Crippen LogP contribution in [0.1, 0.15) is 5.69 Å². The van der Waals surface area contributed by atoms with Crippen molar-refractivity contribution in [3.8, 4) is 28.5 Å². The largest absolute Gasteiger partial charge is 0.247 e. The summed E-state index contributed by atoms with van der Waals surface area (Å²) in [6.45, 7) is 0. The molecule has 114 valence electrons. The molecule has 0 radical (unpaired) electrons. The van der Waals surface area contributed by atoms with E-state index >= 15 is 0 Å². The van der Waals surface area contributed by atoms with Crippen molar-refractivity contribution < 1.29 is 0 Å². The van der Waals surface area contributed by atoms with Crippen LogP contribution in [0.2, 0.25) is 5.02 Å². The molecule has 1 heterocycles. The second kappa shape index (κ2) is 5.80. The quantitative estimate of drug-likeness (QED) is 0.573. The van der Waals surface area contributed by atoms with Gasteiger partial charge in [-0.05, 0) is 46.2 Å². The fraction of sp³-hybridized carbons (Fsp3) is 0. The summed E-state index contributed by atoms with van der Waals surface area (Å²) in [5, 5.41) is 22.4. The molecule has 0 atom stereocenters. The first-order chi connectivity index (χ1) is 11.7. The summed E-state index contributed by atoms with van der Waals surface area (Å²) in [4.78, 5) is 0. The highest BCUT2D eigenvalue weighted by Gasteiger charge is 2.12. The van der Waals surface area contributed by atoms with E-state index in [0.29, 0.717) is 16.4 Å². The molecule has 1 aromatic heterocycles. The van der Waals surface area contributed by atoms with Gasteiger partial charge in [-0.3, -0.25) is 0 Å². The monoisotopic (exact) mass is 330 g/mol. The molecule has 1 N–H and O–H groups in total. The number of rotatable bonds is 2. The summed E-state index contributed by atoms with van der Waals surface area (Å²) in [5.74, 6) is 0. The summed E-state index contributed by atoms with van der Waals surface area (Å²) >= 11 is 6.29. The van der Waals surface area contributed by atoms with Crippen LogP contribution in [-0.4, -0.2) is 15.4 Å². The Morgan fingerprint density at radius 3 is 2.50 bits per heavy atom. The van der Waals surface area contributed by atoms with Crippen LogP contribution in [0.5, 0.6) is 0 Å². The number of benzene rings is 3. The van der Waals surface area contributed by atoms with Gasteiger partial charge in [0, 0.05) is 10.6 Å². The fourth-order valence-corrected chi connectivity index (χ4v) is 3.00. The van der Waals surface area contributed by atoms with Gasteiger partial charge in [0.25, 0.3) is 0 Å². The van der Waals surface area contributed by atoms with Crippen molar-refractivity contribution in [2.75, 3.05) is 0 Å². The molecule has 3 aromatic carbocycles. The number of nitriles is 1. The van der Waals surface area contributed by atoms with Gasteiger partial charge in [-0.2, -0.15) is 5.26 Å². The number of halogens is 1. The highest BCUT2D eigenvalue weighted by molar-refractivity contribution is 6.31. The van der Waals surface area contributed by atoms with E-state index in [2.05, 4.69) is 51.8 Å². The Balaban J connectivity index is 1.87. The third-order valence-electron chi connectivity index (χ3n) is 3.91. The molecule has 0 unspecified atom stereocenters. The summed E-state index contributed by atoms with van der Waals surface area (Å²) in [7, 11) is 0. The average Bonchev–Trinajstić information content (AvgIpc) is 3.09. The van der Waals surface area contributed by atoms with Crippen LogP contribution in [0.25, 0.3) is 33.2 Å². The minimum absolute atomic E-state index is 0.321. The Hall–Kier alpha value is -3.16. The molecule has 0 spiro atoms. The highest BCUT2D eigenvalue weighted by atomic mass is 35.5. The normalized spacial score (nSPS) is 10.7. The van der Waals surface area contributed by atoms with E-state index in [1.54, 1.807) is 6.07 Å². The van der Waals surface area contributed by atoms with Gasteiger partial charge in [0.1, 0.15) is 11.8 Å². The maximum atomic E-state index is 9.15. The van der Waals surface area contributed by atoms with Crippen molar-refractivity contribution in [2.45, 2.75) is 0 Å². The maximum Gasteiger partial charge on any atom is 0.163 e. The topological polar surface area (TPSA) is 65.4 Å². The Morgan fingerprint density at radius 1 is 0.875 bits per heavy atom. The smallest absolute Gasteiger partial charge is 0.163 e. The van der Waals surface area contributed by atoms with Crippen LogP contribution >= 0.6 is 11.6 Å². The zero-order chi connectivity index (χ0) is 16.5. The zero-order valence-corrected chi connectivity index (χ0v) is 13.2. The number of hydrogen-bond acceptors (Lipinski definition) is 3. The summed E-state index contributed by atoms with van der Waals surface area (Å²) in [6, 6.07) is 22.2. The lowest BCUT2D eigenvalue weighted by atomic mass is 9.98. The van der Waals surface area contributed by atoms with Crippen molar-refractivity contribution in [1.82, 2.24) is 15.4 Å². The molecule has 5 heteroatoms. The Kier molecular flexibility index (Phi) is 3.49. The molecule has 0 bridgehead atoms. The molecular formula is C19H11ClN4. The Morgan fingerprint density at radius 2 is 1.67 bits per heavy atom. The van der Waals surface area contributed by atoms with Crippen molar-refractivity contribution in [2.24, 2.45) is 0 Å². The molecule has 0 amide bonds. The van der Waals surface area contributed by atoms with Crippen LogP contribution in [0.3, 0.4) is 0 Å². The molecule has 4 rings (SSSR count). The van der Waals surface area contributed by atoms with Gasteiger partial charge >= 0.3 is 0 Å². The lowest BCUT2D eigenvalue weighted by Gasteiger charge is -2.07. The molecule has 0 saturated carbocycles. The van der Waals surface area contributed by atoms with Gasteiger partial charge in [0.2, 0.25) is 0 Å². The third kappa shape index (κ3) is 2.51. The van der Waals surface area contributed by atoms with E-state index in [0.717, 1.165) is 22.1 Å². The van der Waals surface area contributed by atoms with E-state index in [1.165, 1.54) is 5.39 Å². The number of H-pyrrole nitrogens is 1. The first kappa shape index (κ1) is 14.4. The fourth-order valence-electron chi connectivity index (χ4n) is 2.77. The molecule has 4 nitrogen and oxygen atoms in total. The highest BCUT2D eigenvalue weighted by Crippen LogP contribution is 2.31. The van der Waals surface area contributed by atoms with Crippen molar-refractivity contribution in [3.63, 3.8) is 0 Å². The minimum Gasteiger partial charge on any atom is -0.247 e. The van der Waals surface area contributed by atoms with E-state index in [1.807, 2.05) is 24.3 Å². The molecule has 0 saturated heterocycles. The van der Waals surface area contributed by atoms with Crippen LogP contribution in [0.15, 0.2) is 60.7 Å². The van der Waals surface area contributed by atoms with E-state index in [4.69, 9.17) is 16.9 Å². The van der Waals surface area contributed by atoms with Gasteiger partial charge in [-0.1, -0.05) is 53.2 Å². The van der Waals surface area contributed by atoms with Gasteiger partial charge in [-0.15, -0.1) is 5.10 Å². The second-order valence-corrected chi connectivity index (χ2v) is 5.87. The van der Waals surface area contributed by atoms with Crippen molar-refractivity contribution >= 4 is 22.4 Å². The molecule has 0 aliphatic rings. The lowest BCUT2D eigenvalue weighted by molar-refractivity contribution is 0.937. The summed E-state index contributed by atoms with van der Waals surface area (Å²) in [5.41, 5.74) is 3.61. The standard InChI is InChI=1S/C19H11ClN4/c20-17-9-15(8-16(10-17)19-18(11-21)22-24-23-19)14-6-5-12-3-1-2-4-13(12)7-14/h1-10H,(H,22,23,24). The van der Waals surface area contributed by atoms with E-state index < -0.39 is 0 Å². The number of nitrogens with one attached hydrogen (secondary N) is 1. The SMILES string of the molecule is N#Cc1[nH]nnc1-c1cc(Cl)cc(-c2ccc3ccccc3c2)c1. The van der Waals surface area contributed by atoms with E-state index in [-0.39, 0.29) is 0 Å².